The molecule has 0 spiro atoms. The van der Waals surface area contributed by atoms with Crippen molar-refractivity contribution in [1.82, 2.24) is 15.0 Å². The average Bonchev–Trinajstić information content (AvgIpc) is 3.38. The zero-order valence-corrected chi connectivity index (χ0v) is 21.4. The topological polar surface area (TPSA) is 83.0 Å². The van der Waals surface area contributed by atoms with Crippen LogP contribution in [0.4, 0.5) is 11.8 Å². The van der Waals surface area contributed by atoms with Gasteiger partial charge in [-0.1, -0.05) is 38.3 Å². The van der Waals surface area contributed by atoms with E-state index in [9.17, 15) is 5.11 Å². The summed E-state index contributed by atoms with van der Waals surface area (Å²) < 4.78 is 1.17. The van der Waals surface area contributed by atoms with Gasteiger partial charge in [-0.05, 0) is 69.4 Å². The number of benzene rings is 1. The van der Waals surface area contributed by atoms with Gasteiger partial charge in [0.2, 0.25) is 5.95 Å². The van der Waals surface area contributed by atoms with E-state index in [4.69, 9.17) is 15.0 Å². The number of aliphatic hydroxyl groups excluding tert-OH is 1. The van der Waals surface area contributed by atoms with Crippen molar-refractivity contribution in [2.45, 2.75) is 71.3 Å². The Balaban J connectivity index is 1.50. The molecule has 0 radical (unpaired) electrons. The van der Waals surface area contributed by atoms with Crippen molar-refractivity contribution in [2.24, 2.45) is 17.8 Å². The smallest absolute Gasteiger partial charge is 0.224 e. The van der Waals surface area contributed by atoms with Crippen molar-refractivity contribution >= 4 is 33.3 Å². The highest BCUT2D eigenvalue weighted by atomic mass is 32.1. The van der Waals surface area contributed by atoms with Gasteiger partial charge in [-0.3, -0.25) is 0 Å². The summed E-state index contributed by atoms with van der Waals surface area (Å²) in [6.07, 6.45) is 8.64. The molecule has 3 unspecified atom stereocenters. The van der Waals surface area contributed by atoms with E-state index in [1.54, 1.807) is 11.3 Å². The molecular weight excluding hydrogens is 442 g/mol. The van der Waals surface area contributed by atoms with Gasteiger partial charge in [0.1, 0.15) is 10.8 Å². The first-order chi connectivity index (χ1) is 16.5. The Kier molecular flexibility index (Phi) is 6.76. The second-order valence-electron chi connectivity index (χ2n) is 10.5. The van der Waals surface area contributed by atoms with Crippen LogP contribution in [-0.4, -0.2) is 38.7 Å². The van der Waals surface area contributed by atoms with Gasteiger partial charge in [0.05, 0.1) is 21.5 Å². The number of aromatic nitrogens is 3. The number of fused-ring (bicyclic) bond motifs is 1. The van der Waals surface area contributed by atoms with Gasteiger partial charge in [-0.25, -0.2) is 9.97 Å². The summed E-state index contributed by atoms with van der Waals surface area (Å²) >= 11 is 1.69. The monoisotopic (exact) mass is 479 g/mol. The van der Waals surface area contributed by atoms with E-state index in [1.807, 2.05) is 6.07 Å². The Bertz CT molecular complexity index is 1110. The Morgan fingerprint density at radius 1 is 1.09 bits per heavy atom. The minimum Gasteiger partial charge on any atom is -0.396 e. The predicted molar refractivity (Wildman–Crippen MR) is 141 cm³/mol. The SMILES string of the molecule is Cc1nc(NCC2CCCCC2)nc(NC2(C)CCC(CO)C2C)c1-c1nc2ccccc2s1. The van der Waals surface area contributed by atoms with Crippen LogP contribution in [0.1, 0.15) is 64.5 Å². The van der Waals surface area contributed by atoms with Gasteiger partial charge in [-0.15, -0.1) is 11.3 Å². The van der Waals surface area contributed by atoms with Crippen LogP contribution >= 0.6 is 11.3 Å². The minimum atomic E-state index is -0.139. The zero-order chi connectivity index (χ0) is 23.7. The van der Waals surface area contributed by atoms with E-state index in [2.05, 4.69) is 49.6 Å². The molecule has 182 valence electrons. The van der Waals surface area contributed by atoms with Crippen LogP contribution in [0.5, 0.6) is 0 Å². The van der Waals surface area contributed by atoms with Crippen molar-refractivity contribution in [3.8, 4) is 10.6 Å². The van der Waals surface area contributed by atoms with Crippen LogP contribution in [0.3, 0.4) is 0 Å². The third-order valence-corrected chi connectivity index (χ3v) is 9.31. The van der Waals surface area contributed by atoms with Gasteiger partial charge in [0.15, 0.2) is 0 Å². The largest absolute Gasteiger partial charge is 0.396 e. The number of aliphatic hydroxyl groups is 1. The van der Waals surface area contributed by atoms with Gasteiger partial charge in [0.25, 0.3) is 0 Å². The Morgan fingerprint density at radius 2 is 1.88 bits per heavy atom. The number of nitrogens with zero attached hydrogens (tertiary/aromatic N) is 3. The van der Waals surface area contributed by atoms with Crippen molar-refractivity contribution in [3.63, 3.8) is 0 Å². The van der Waals surface area contributed by atoms with E-state index < -0.39 is 0 Å². The molecule has 2 aromatic heterocycles. The second kappa shape index (κ2) is 9.78. The number of hydrogen-bond donors (Lipinski definition) is 3. The molecule has 2 saturated carbocycles. The second-order valence-corrected chi connectivity index (χ2v) is 11.6. The fourth-order valence-corrected chi connectivity index (χ4v) is 6.85. The lowest BCUT2D eigenvalue weighted by Gasteiger charge is -2.34. The summed E-state index contributed by atoms with van der Waals surface area (Å²) in [6, 6.07) is 8.27. The van der Waals surface area contributed by atoms with E-state index >= 15 is 0 Å². The highest BCUT2D eigenvalue weighted by Crippen LogP contribution is 2.44. The number of nitrogens with one attached hydrogen (secondary N) is 2. The summed E-state index contributed by atoms with van der Waals surface area (Å²) in [5.74, 6) is 2.91. The minimum absolute atomic E-state index is 0.139. The van der Waals surface area contributed by atoms with Crippen LogP contribution in [0.25, 0.3) is 20.8 Å². The van der Waals surface area contributed by atoms with Gasteiger partial charge < -0.3 is 15.7 Å². The fourth-order valence-electron chi connectivity index (χ4n) is 5.78. The maximum atomic E-state index is 9.86. The van der Waals surface area contributed by atoms with Crippen LogP contribution in [-0.2, 0) is 0 Å². The van der Waals surface area contributed by atoms with Gasteiger partial charge in [0, 0.05) is 18.7 Å². The Labute approximate surface area is 206 Å². The van der Waals surface area contributed by atoms with E-state index in [1.165, 1.54) is 36.8 Å². The molecule has 3 N–H and O–H groups in total. The molecule has 0 bridgehead atoms. The summed E-state index contributed by atoms with van der Waals surface area (Å²) in [5, 5.41) is 18.2. The number of rotatable bonds is 7. The number of aryl methyl sites for hydroxylation is 1. The lowest BCUT2D eigenvalue weighted by molar-refractivity contribution is 0.187. The summed E-state index contributed by atoms with van der Waals surface area (Å²) in [5.41, 5.74) is 2.80. The van der Waals surface area contributed by atoms with Crippen LogP contribution in [0.15, 0.2) is 24.3 Å². The first-order valence-corrected chi connectivity index (χ1v) is 13.7. The van der Waals surface area contributed by atoms with Crippen molar-refractivity contribution in [1.29, 1.82) is 0 Å². The van der Waals surface area contributed by atoms with Gasteiger partial charge in [-0.2, -0.15) is 4.98 Å². The molecule has 0 saturated heterocycles. The van der Waals surface area contributed by atoms with E-state index in [0.29, 0.717) is 23.7 Å². The third kappa shape index (κ3) is 4.65. The molecular formula is C27H37N5OS. The molecule has 2 aliphatic rings. The maximum Gasteiger partial charge on any atom is 0.224 e. The molecule has 1 aromatic carbocycles. The Morgan fingerprint density at radius 3 is 2.62 bits per heavy atom. The van der Waals surface area contributed by atoms with Crippen molar-refractivity contribution < 1.29 is 5.11 Å². The number of thiazole rings is 1. The Hall–Kier alpha value is -2.25. The first-order valence-electron chi connectivity index (χ1n) is 12.8. The van der Waals surface area contributed by atoms with E-state index in [0.717, 1.165) is 47.0 Å². The van der Waals surface area contributed by atoms with E-state index in [-0.39, 0.29) is 12.1 Å². The molecule has 2 aliphatic carbocycles. The lowest BCUT2D eigenvalue weighted by atomic mass is 9.86. The molecule has 5 rings (SSSR count). The average molecular weight is 480 g/mol. The first kappa shape index (κ1) is 23.5. The van der Waals surface area contributed by atoms with Crippen LogP contribution in [0, 0.1) is 24.7 Å². The molecule has 3 aromatic rings. The summed E-state index contributed by atoms with van der Waals surface area (Å²) in [4.78, 5) is 14.8. The third-order valence-electron chi connectivity index (χ3n) is 8.26. The molecule has 0 aliphatic heterocycles. The molecule has 6 nitrogen and oxygen atoms in total. The summed E-state index contributed by atoms with van der Waals surface area (Å²) in [7, 11) is 0. The van der Waals surface area contributed by atoms with Crippen molar-refractivity contribution in [3.05, 3.63) is 30.0 Å². The van der Waals surface area contributed by atoms with Crippen LogP contribution < -0.4 is 10.6 Å². The molecule has 34 heavy (non-hydrogen) atoms. The normalized spacial score (nSPS) is 25.6. The molecule has 2 fully saturated rings. The molecule has 0 amide bonds. The molecule has 3 atom stereocenters. The zero-order valence-electron chi connectivity index (χ0n) is 20.6. The number of anilines is 2. The molecule has 7 heteroatoms. The fraction of sp³-hybridized carbons (Fsp3) is 0.593. The number of hydrogen-bond acceptors (Lipinski definition) is 7. The van der Waals surface area contributed by atoms with Crippen LogP contribution in [0.2, 0.25) is 0 Å². The molecule has 2 heterocycles. The standard InChI is InChI=1S/C27H37N5OS/c1-17-20(16-33)13-14-27(17,3)32-24-23(25-30-21-11-7-8-12-22(21)34-25)18(2)29-26(31-24)28-15-19-9-5-4-6-10-19/h7-8,11-12,17,19-20,33H,4-6,9-10,13-16H2,1-3H3,(H2,28,29,31,32). The van der Waals surface area contributed by atoms with Crippen molar-refractivity contribution in [2.75, 3.05) is 23.8 Å². The number of para-hydroxylation sites is 1. The lowest BCUT2D eigenvalue weighted by Crippen LogP contribution is -2.40. The predicted octanol–water partition coefficient (Wildman–Crippen LogP) is 6.26. The highest BCUT2D eigenvalue weighted by Gasteiger charge is 2.43. The maximum absolute atomic E-state index is 9.86. The highest BCUT2D eigenvalue weighted by molar-refractivity contribution is 7.21. The van der Waals surface area contributed by atoms with Gasteiger partial charge >= 0.3 is 0 Å². The summed E-state index contributed by atoms with van der Waals surface area (Å²) in [6.45, 7) is 7.74. The quantitative estimate of drug-likeness (QED) is 0.371.